The lowest BCUT2D eigenvalue weighted by molar-refractivity contribution is -0.383. The number of hydrogen-bond donors (Lipinski definition) is 3. The molecule has 1 aromatic carbocycles. The van der Waals surface area contributed by atoms with E-state index in [2.05, 4.69) is 17.0 Å². The summed E-state index contributed by atoms with van der Waals surface area (Å²) in [7, 11) is 0. The van der Waals surface area contributed by atoms with E-state index in [9.17, 15) is 10.1 Å². The summed E-state index contributed by atoms with van der Waals surface area (Å²) in [4.78, 5) is 10.7. The third-order valence-corrected chi connectivity index (χ3v) is 4.63. The van der Waals surface area contributed by atoms with Crippen LogP contribution in [0.15, 0.2) is 18.2 Å². The first-order chi connectivity index (χ1) is 8.62. The van der Waals surface area contributed by atoms with E-state index in [4.69, 9.17) is 5.84 Å². The smallest absolute Gasteiger partial charge is 0.316 e. The van der Waals surface area contributed by atoms with Crippen molar-refractivity contribution < 1.29 is 4.92 Å². The summed E-state index contributed by atoms with van der Waals surface area (Å²) in [6, 6.07) is 5.03. The average molecular weight is 268 g/mol. The van der Waals surface area contributed by atoms with Crippen molar-refractivity contribution in [3.63, 3.8) is 0 Å². The molecular weight excluding hydrogens is 252 g/mol. The monoisotopic (exact) mass is 268 g/mol. The molecule has 2 rings (SSSR count). The summed E-state index contributed by atoms with van der Waals surface area (Å²) in [6.45, 7) is 0.739. The van der Waals surface area contributed by atoms with Crippen molar-refractivity contribution in [2.24, 2.45) is 5.84 Å². The van der Waals surface area contributed by atoms with Crippen LogP contribution in [0, 0.1) is 10.1 Å². The Balaban J connectivity index is 2.19. The molecule has 1 aromatic rings. The second-order valence-electron chi connectivity index (χ2n) is 4.34. The molecule has 1 saturated carbocycles. The van der Waals surface area contributed by atoms with Crippen molar-refractivity contribution in [1.29, 1.82) is 0 Å². The molecule has 7 heteroatoms. The van der Waals surface area contributed by atoms with Gasteiger partial charge in [-0.2, -0.15) is 11.8 Å². The largest absolute Gasteiger partial charge is 0.378 e. The molecule has 0 heterocycles. The first-order valence-electron chi connectivity index (χ1n) is 5.65. The Bertz CT molecular complexity index is 462. The van der Waals surface area contributed by atoms with Crippen LogP contribution in [-0.2, 0) is 0 Å². The zero-order valence-electron chi connectivity index (χ0n) is 10.1. The Morgan fingerprint density at radius 3 is 2.67 bits per heavy atom. The third-order valence-electron chi connectivity index (χ3n) is 3.22. The van der Waals surface area contributed by atoms with Gasteiger partial charge in [0.05, 0.1) is 4.92 Å². The molecule has 0 aromatic heterocycles. The molecule has 0 unspecified atom stereocenters. The van der Waals surface area contributed by atoms with E-state index in [1.54, 1.807) is 18.2 Å². The maximum Gasteiger partial charge on any atom is 0.316 e. The summed E-state index contributed by atoms with van der Waals surface area (Å²) < 4.78 is 0.250. The number of benzene rings is 1. The fourth-order valence-corrected chi connectivity index (χ4v) is 2.57. The third kappa shape index (κ3) is 2.51. The molecule has 0 spiro atoms. The molecule has 0 amide bonds. The first-order valence-corrected chi connectivity index (χ1v) is 6.87. The first kappa shape index (κ1) is 13.0. The normalized spacial score (nSPS) is 16.1. The number of nitro groups is 1. The summed E-state index contributed by atoms with van der Waals surface area (Å²) in [6.07, 6.45) is 4.38. The summed E-state index contributed by atoms with van der Waals surface area (Å²) >= 11 is 1.81. The van der Waals surface area contributed by atoms with Gasteiger partial charge in [-0.1, -0.05) is 6.07 Å². The van der Waals surface area contributed by atoms with Crippen LogP contribution >= 0.6 is 11.8 Å². The number of thioether (sulfide) groups is 1. The van der Waals surface area contributed by atoms with Crippen molar-refractivity contribution in [2.75, 3.05) is 23.5 Å². The number of rotatable bonds is 6. The lowest BCUT2D eigenvalue weighted by Gasteiger charge is -2.15. The van der Waals surface area contributed by atoms with E-state index in [1.807, 2.05) is 11.8 Å². The number of hydrazine groups is 1. The van der Waals surface area contributed by atoms with Gasteiger partial charge in [-0.05, 0) is 31.2 Å². The van der Waals surface area contributed by atoms with E-state index in [-0.39, 0.29) is 10.4 Å². The van der Waals surface area contributed by atoms with Crippen LogP contribution in [0.1, 0.15) is 12.8 Å². The van der Waals surface area contributed by atoms with Crippen molar-refractivity contribution in [1.82, 2.24) is 0 Å². The quantitative estimate of drug-likeness (QED) is 0.416. The Morgan fingerprint density at radius 2 is 2.17 bits per heavy atom. The fourth-order valence-electron chi connectivity index (χ4n) is 1.85. The van der Waals surface area contributed by atoms with Crippen LogP contribution in [0.25, 0.3) is 0 Å². The molecule has 0 radical (unpaired) electrons. The zero-order valence-corrected chi connectivity index (χ0v) is 10.9. The zero-order chi connectivity index (χ0) is 13.2. The fraction of sp³-hybridized carbons (Fsp3) is 0.455. The number of nitrogens with two attached hydrogens (primary N) is 1. The van der Waals surface area contributed by atoms with Crippen molar-refractivity contribution in [2.45, 2.75) is 17.6 Å². The van der Waals surface area contributed by atoms with Crippen molar-refractivity contribution in [3.8, 4) is 0 Å². The van der Waals surface area contributed by atoms with E-state index >= 15 is 0 Å². The number of hydrogen-bond acceptors (Lipinski definition) is 6. The van der Waals surface area contributed by atoms with Gasteiger partial charge < -0.3 is 10.7 Å². The molecule has 1 aliphatic carbocycles. The molecule has 6 nitrogen and oxygen atoms in total. The second kappa shape index (κ2) is 5.03. The number of para-hydroxylation sites is 1. The highest BCUT2D eigenvalue weighted by molar-refractivity contribution is 8.00. The highest BCUT2D eigenvalue weighted by Crippen LogP contribution is 2.47. The lowest BCUT2D eigenvalue weighted by atomic mass is 10.2. The van der Waals surface area contributed by atoms with Crippen LogP contribution in [0.2, 0.25) is 0 Å². The van der Waals surface area contributed by atoms with Crippen molar-refractivity contribution >= 4 is 28.8 Å². The van der Waals surface area contributed by atoms with Gasteiger partial charge in [-0.25, -0.2) is 0 Å². The maximum absolute atomic E-state index is 11.1. The highest BCUT2D eigenvalue weighted by atomic mass is 32.2. The van der Waals surface area contributed by atoms with Gasteiger partial charge in [0.2, 0.25) is 0 Å². The van der Waals surface area contributed by atoms with Gasteiger partial charge in [-0.15, -0.1) is 0 Å². The minimum absolute atomic E-state index is 0.00287. The van der Waals surface area contributed by atoms with Gasteiger partial charge in [0.25, 0.3) is 0 Å². The topological polar surface area (TPSA) is 93.2 Å². The van der Waals surface area contributed by atoms with Gasteiger partial charge in [-0.3, -0.25) is 16.0 Å². The molecule has 0 aliphatic heterocycles. The number of nitro benzene ring substituents is 1. The van der Waals surface area contributed by atoms with Crippen LogP contribution in [0.5, 0.6) is 0 Å². The summed E-state index contributed by atoms with van der Waals surface area (Å²) in [5.74, 6) is 5.29. The van der Waals surface area contributed by atoms with Gasteiger partial charge >= 0.3 is 5.69 Å². The Morgan fingerprint density at radius 1 is 1.50 bits per heavy atom. The van der Waals surface area contributed by atoms with Gasteiger partial charge in [0, 0.05) is 11.3 Å². The Kier molecular flexibility index (Phi) is 3.63. The van der Waals surface area contributed by atoms with E-state index in [1.165, 1.54) is 0 Å². The SMILES string of the molecule is CSC1(CNc2cccc(NN)c2[N+](=O)[O-])CC1. The number of nitrogens with one attached hydrogen (secondary N) is 2. The number of nitrogens with zero attached hydrogens (tertiary/aromatic N) is 1. The molecule has 1 fully saturated rings. The van der Waals surface area contributed by atoms with E-state index in [0.717, 1.165) is 19.4 Å². The molecular formula is C11H16N4O2S. The van der Waals surface area contributed by atoms with Gasteiger partial charge in [0.1, 0.15) is 11.4 Å². The summed E-state index contributed by atoms with van der Waals surface area (Å²) in [5.41, 5.74) is 3.18. The van der Waals surface area contributed by atoms with Crippen LogP contribution in [-0.4, -0.2) is 22.5 Å². The van der Waals surface area contributed by atoms with Crippen LogP contribution in [0.4, 0.5) is 17.1 Å². The summed E-state index contributed by atoms with van der Waals surface area (Å²) in [5, 5.41) is 14.2. The highest BCUT2D eigenvalue weighted by Gasteiger charge is 2.41. The lowest BCUT2D eigenvalue weighted by Crippen LogP contribution is -2.18. The van der Waals surface area contributed by atoms with E-state index in [0.29, 0.717) is 11.4 Å². The minimum Gasteiger partial charge on any atom is -0.378 e. The predicted molar refractivity (Wildman–Crippen MR) is 74.9 cm³/mol. The molecule has 0 saturated heterocycles. The van der Waals surface area contributed by atoms with Gasteiger partial charge in [0.15, 0.2) is 0 Å². The molecule has 1 aliphatic rings. The molecule has 0 bridgehead atoms. The van der Waals surface area contributed by atoms with Crippen molar-refractivity contribution in [3.05, 3.63) is 28.3 Å². The number of anilines is 2. The Labute approximate surface area is 109 Å². The number of nitrogen functional groups attached to an aromatic ring is 1. The van der Waals surface area contributed by atoms with Crippen LogP contribution < -0.4 is 16.6 Å². The minimum atomic E-state index is -0.420. The molecule has 0 atom stereocenters. The average Bonchev–Trinajstić information content (AvgIpc) is 3.16. The maximum atomic E-state index is 11.1. The Hall–Kier alpha value is -1.47. The standard InChI is InChI=1S/C11H16N4O2S/c1-18-11(5-6-11)7-13-8-3-2-4-9(14-12)10(8)15(16)17/h2-4,13-14H,5-7,12H2,1H3. The molecule has 18 heavy (non-hydrogen) atoms. The second-order valence-corrected chi connectivity index (χ2v) is 5.62. The van der Waals surface area contributed by atoms with Crippen LogP contribution in [0.3, 0.4) is 0 Å². The van der Waals surface area contributed by atoms with E-state index < -0.39 is 4.92 Å². The molecule has 4 N–H and O–H groups in total. The molecule has 98 valence electrons. The predicted octanol–water partition coefficient (Wildman–Crippen LogP) is 2.19.